The lowest BCUT2D eigenvalue weighted by atomic mass is 9.96. The van der Waals surface area contributed by atoms with Crippen molar-refractivity contribution in [2.45, 2.75) is 19.9 Å². The molecule has 30 heavy (non-hydrogen) atoms. The summed E-state index contributed by atoms with van der Waals surface area (Å²) in [6, 6.07) is 10.2. The van der Waals surface area contributed by atoms with E-state index < -0.39 is 12.0 Å². The first kappa shape index (κ1) is 19.9. The summed E-state index contributed by atoms with van der Waals surface area (Å²) in [6.45, 7) is 3.59. The minimum atomic E-state index is -0.653. The minimum absolute atomic E-state index is 0.248. The van der Waals surface area contributed by atoms with E-state index in [1.54, 1.807) is 38.3 Å². The number of ether oxygens (including phenoxy) is 2. The van der Waals surface area contributed by atoms with E-state index in [1.807, 2.05) is 25.1 Å². The number of furan rings is 1. The van der Waals surface area contributed by atoms with Crippen molar-refractivity contribution < 1.29 is 18.7 Å². The van der Waals surface area contributed by atoms with Gasteiger partial charge >= 0.3 is 5.97 Å². The highest BCUT2D eigenvalue weighted by Gasteiger charge is 2.33. The van der Waals surface area contributed by atoms with Crippen molar-refractivity contribution in [2.24, 2.45) is 4.99 Å². The Bertz CT molecular complexity index is 1330. The molecule has 4 rings (SSSR count). The average molecular weight is 424 g/mol. The lowest BCUT2D eigenvalue weighted by Crippen LogP contribution is -2.39. The van der Waals surface area contributed by atoms with Crippen LogP contribution < -0.4 is 19.6 Å². The third-order valence-corrected chi connectivity index (χ3v) is 5.88. The first-order chi connectivity index (χ1) is 14.4. The number of aromatic nitrogens is 1. The highest BCUT2D eigenvalue weighted by atomic mass is 32.1. The zero-order valence-electron chi connectivity index (χ0n) is 17.0. The van der Waals surface area contributed by atoms with Gasteiger partial charge in [-0.2, -0.15) is 0 Å². The molecule has 8 heteroatoms. The van der Waals surface area contributed by atoms with Gasteiger partial charge in [0.2, 0.25) is 0 Å². The molecule has 0 spiro atoms. The maximum atomic E-state index is 13.3. The van der Waals surface area contributed by atoms with E-state index in [1.165, 1.54) is 23.0 Å². The fraction of sp³-hybridized carbons (Fsp3) is 0.227. The summed E-state index contributed by atoms with van der Waals surface area (Å²) < 4.78 is 17.8. The summed E-state index contributed by atoms with van der Waals surface area (Å²) in [7, 11) is 2.90. The van der Waals surface area contributed by atoms with Crippen molar-refractivity contribution in [3.05, 3.63) is 84.4 Å². The van der Waals surface area contributed by atoms with Gasteiger partial charge in [-0.15, -0.1) is 0 Å². The minimum Gasteiger partial charge on any atom is -0.497 e. The Morgan fingerprint density at radius 3 is 2.50 bits per heavy atom. The molecule has 0 amide bonds. The third-order valence-electron chi connectivity index (χ3n) is 4.89. The first-order valence-corrected chi connectivity index (χ1v) is 10.1. The molecule has 0 bridgehead atoms. The largest absolute Gasteiger partial charge is 0.497 e. The second-order valence-electron chi connectivity index (χ2n) is 6.79. The number of methoxy groups -OCH3 is 2. The second kappa shape index (κ2) is 7.79. The maximum Gasteiger partial charge on any atom is 0.338 e. The molecule has 1 aliphatic heterocycles. The Kier molecular flexibility index (Phi) is 5.17. The molecule has 0 N–H and O–H groups in total. The van der Waals surface area contributed by atoms with Crippen LogP contribution in [0.15, 0.2) is 61.9 Å². The van der Waals surface area contributed by atoms with Gasteiger partial charge in [0.1, 0.15) is 17.3 Å². The number of allylic oxidation sites excluding steroid dienone is 1. The van der Waals surface area contributed by atoms with Gasteiger partial charge in [-0.05, 0) is 43.7 Å². The molecule has 1 atom stereocenters. The number of carbonyl (C=O) groups excluding carboxylic acids is 1. The van der Waals surface area contributed by atoms with Crippen LogP contribution in [0.3, 0.4) is 0 Å². The summed E-state index contributed by atoms with van der Waals surface area (Å²) in [5.74, 6) is 1.50. The summed E-state index contributed by atoms with van der Waals surface area (Å²) in [4.78, 5) is 31.0. The molecule has 0 aliphatic carbocycles. The van der Waals surface area contributed by atoms with E-state index in [0.717, 1.165) is 11.3 Å². The number of benzene rings is 1. The van der Waals surface area contributed by atoms with E-state index in [9.17, 15) is 9.59 Å². The molecule has 1 aliphatic rings. The quantitative estimate of drug-likeness (QED) is 0.601. The fourth-order valence-electron chi connectivity index (χ4n) is 3.45. The van der Waals surface area contributed by atoms with E-state index >= 15 is 0 Å². The zero-order valence-corrected chi connectivity index (χ0v) is 17.8. The van der Waals surface area contributed by atoms with Gasteiger partial charge < -0.3 is 13.9 Å². The van der Waals surface area contributed by atoms with Crippen molar-refractivity contribution in [1.82, 2.24) is 4.57 Å². The van der Waals surface area contributed by atoms with E-state index in [-0.39, 0.29) is 5.56 Å². The van der Waals surface area contributed by atoms with Gasteiger partial charge in [-0.25, -0.2) is 9.79 Å². The number of fused-ring (bicyclic) bond motifs is 1. The number of carbonyl (C=O) groups is 1. The molecule has 0 radical (unpaired) electrons. The number of hydrogen-bond donors (Lipinski definition) is 0. The number of hydrogen-bond acceptors (Lipinski definition) is 7. The lowest BCUT2D eigenvalue weighted by molar-refractivity contribution is -0.136. The van der Waals surface area contributed by atoms with Crippen molar-refractivity contribution in [3.8, 4) is 5.75 Å². The van der Waals surface area contributed by atoms with Crippen LogP contribution in [-0.4, -0.2) is 24.8 Å². The van der Waals surface area contributed by atoms with Gasteiger partial charge in [0.05, 0.1) is 36.1 Å². The van der Waals surface area contributed by atoms with Crippen molar-refractivity contribution in [2.75, 3.05) is 14.2 Å². The van der Waals surface area contributed by atoms with Crippen molar-refractivity contribution in [1.29, 1.82) is 0 Å². The predicted molar refractivity (Wildman–Crippen MR) is 112 cm³/mol. The lowest BCUT2D eigenvalue weighted by Gasteiger charge is -2.24. The van der Waals surface area contributed by atoms with E-state index in [4.69, 9.17) is 13.9 Å². The smallest absolute Gasteiger partial charge is 0.338 e. The second-order valence-corrected chi connectivity index (χ2v) is 7.80. The van der Waals surface area contributed by atoms with Crippen molar-refractivity contribution in [3.63, 3.8) is 0 Å². The number of esters is 1. The average Bonchev–Trinajstić information content (AvgIpc) is 3.29. The van der Waals surface area contributed by atoms with E-state index in [0.29, 0.717) is 32.1 Å². The zero-order chi connectivity index (χ0) is 21.4. The first-order valence-electron chi connectivity index (χ1n) is 9.24. The molecule has 3 heterocycles. The highest BCUT2D eigenvalue weighted by molar-refractivity contribution is 7.07. The van der Waals surface area contributed by atoms with Crippen LogP contribution in [0.5, 0.6) is 5.75 Å². The summed E-state index contributed by atoms with van der Waals surface area (Å²) in [5, 5.41) is 0. The van der Waals surface area contributed by atoms with Gasteiger partial charge in [0, 0.05) is 6.08 Å². The monoisotopic (exact) mass is 424 g/mol. The summed E-state index contributed by atoms with van der Waals surface area (Å²) in [5.41, 5.74) is 1.36. The molecular weight excluding hydrogens is 404 g/mol. The Hall–Kier alpha value is -3.39. The van der Waals surface area contributed by atoms with E-state index in [2.05, 4.69) is 4.99 Å². The SMILES string of the molecule is COC(=O)C1=C(C)N=c2s/c(=C\c3ccc(C)o3)c(=O)n2C1c1ccc(OC)cc1. The molecule has 1 unspecified atom stereocenters. The molecule has 0 saturated carbocycles. The third kappa shape index (κ3) is 3.39. The van der Waals surface area contributed by atoms with Gasteiger partial charge in [0.25, 0.3) is 5.56 Å². The van der Waals surface area contributed by atoms with Crippen LogP contribution >= 0.6 is 11.3 Å². The summed E-state index contributed by atoms with van der Waals surface area (Å²) >= 11 is 1.25. The Labute approximate surface area is 176 Å². The number of nitrogens with zero attached hydrogens (tertiary/aromatic N) is 2. The predicted octanol–water partition coefficient (Wildman–Crippen LogP) is 2.32. The van der Waals surface area contributed by atoms with Crippen LogP contribution in [0, 0.1) is 6.92 Å². The molecule has 3 aromatic rings. The van der Waals surface area contributed by atoms with Crippen LogP contribution in [0.25, 0.3) is 6.08 Å². The standard InChI is InChI=1S/C22H20N2O5S/c1-12-5-8-16(29-12)11-17-20(25)24-19(14-6-9-15(27-3)10-7-14)18(21(26)28-4)13(2)23-22(24)30-17/h5-11,19H,1-4H3/b17-11-. The molecule has 154 valence electrons. The number of aryl methyl sites for hydroxylation is 1. The van der Waals surface area contributed by atoms with Crippen LogP contribution in [0.4, 0.5) is 0 Å². The Balaban J connectivity index is 1.96. The molecule has 2 aromatic heterocycles. The Morgan fingerprint density at radius 2 is 1.90 bits per heavy atom. The highest BCUT2D eigenvalue weighted by Crippen LogP contribution is 2.31. The fourth-order valence-corrected chi connectivity index (χ4v) is 4.48. The van der Waals surface area contributed by atoms with Crippen LogP contribution in [0.1, 0.15) is 30.0 Å². The number of thiazole rings is 1. The molecule has 0 fully saturated rings. The molecule has 1 aromatic carbocycles. The molecule has 0 saturated heterocycles. The van der Waals surface area contributed by atoms with Gasteiger partial charge in [0.15, 0.2) is 4.80 Å². The van der Waals surface area contributed by atoms with Gasteiger partial charge in [-0.1, -0.05) is 23.5 Å². The van der Waals surface area contributed by atoms with Gasteiger partial charge in [-0.3, -0.25) is 9.36 Å². The van der Waals surface area contributed by atoms with Crippen molar-refractivity contribution >= 4 is 23.4 Å². The summed E-state index contributed by atoms with van der Waals surface area (Å²) in [6.07, 6.45) is 1.69. The Morgan fingerprint density at radius 1 is 1.17 bits per heavy atom. The molecular formula is C22H20N2O5S. The maximum absolute atomic E-state index is 13.3. The normalized spacial score (nSPS) is 16.3. The topological polar surface area (TPSA) is 83.0 Å². The number of rotatable bonds is 4. The molecule has 7 nitrogen and oxygen atoms in total. The van der Waals surface area contributed by atoms with Crippen LogP contribution in [-0.2, 0) is 9.53 Å². The van der Waals surface area contributed by atoms with Crippen LogP contribution in [0.2, 0.25) is 0 Å².